The number of hydrogen-bond acceptors (Lipinski definition) is 18. The van der Waals surface area contributed by atoms with Crippen molar-refractivity contribution in [1.82, 2.24) is 5.32 Å². The number of aliphatic hydroxyl groups is 11. The van der Waals surface area contributed by atoms with Crippen LogP contribution in [0.3, 0.4) is 0 Å². The van der Waals surface area contributed by atoms with Crippen LogP contribution in [-0.4, -0.2) is 193 Å². The first-order chi connectivity index (χ1) is 35.3. The predicted octanol–water partition coefficient (Wildman–Crippen LogP) is 4.04. The van der Waals surface area contributed by atoms with Gasteiger partial charge in [0.15, 0.2) is 18.9 Å². The summed E-state index contributed by atoms with van der Waals surface area (Å²) in [5, 5.41) is 120. The van der Waals surface area contributed by atoms with Gasteiger partial charge >= 0.3 is 0 Å². The molecule has 0 spiro atoms. The number of nitrogens with one attached hydrogen (secondary N) is 1. The second kappa shape index (κ2) is 39.2. The van der Waals surface area contributed by atoms with Crippen molar-refractivity contribution in [2.45, 2.75) is 311 Å². The second-order valence-electron chi connectivity index (χ2n) is 21.1. The molecule has 0 aromatic heterocycles. The van der Waals surface area contributed by atoms with Crippen LogP contribution in [0.4, 0.5) is 0 Å². The van der Waals surface area contributed by atoms with E-state index >= 15 is 0 Å². The Balaban J connectivity index is 1.38. The molecule has 3 rings (SSSR count). The van der Waals surface area contributed by atoms with Crippen molar-refractivity contribution >= 4 is 5.91 Å². The molecule has 432 valence electrons. The van der Waals surface area contributed by atoms with Gasteiger partial charge in [-0.05, 0) is 12.8 Å². The topological polar surface area (TPSA) is 307 Å². The van der Waals surface area contributed by atoms with Crippen molar-refractivity contribution in [1.29, 1.82) is 0 Å². The Morgan fingerprint density at radius 3 is 1.19 bits per heavy atom. The van der Waals surface area contributed by atoms with Crippen molar-refractivity contribution in [2.75, 3.05) is 26.4 Å². The Kier molecular flexibility index (Phi) is 35.5. The highest BCUT2D eigenvalue weighted by molar-refractivity contribution is 5.76. The minimum Gasteiger partial charge on any atom is -0.394 e. The first kappa shape index (κ1) is 66.1. The van der Waals surface area contributed by atoms with E-state index in [9.17, 15) is 61.0 Å². The molecular weight excluding hydrogens is 951 g/mol. The minimum atomic E-state index is -1.97. The first-order valence-electron chi connectivity index (χ1n) is 28.8. The maximum Gasteiger partial charge on any atom is 0.220 e. The Morgan fingerprint density at radius 1 is 0.438 bits per heavy atom. The van der Waals surface area contributed by atoms with Crippen molar-refractivity contribution in [3.05, 3.63) is 0 Å². The van der Waals surface area contributed by atoms with Gasteiger partial charge in [0.25, 0.3) is 0 Å². The van der Waals surface area contributed by atoms with Gasteiger partial charge in [-0.25, -0.2) is 0 Å². The Morgan fingerprint density at radius 2 is 0.781 bits per heavy atom. The molecule has 3 aliphatic rings. The lowest BCUT2D eigenvalue weighted by molar-refractivity contribution is -0.379. The summed E-state index contributed by atoms with van der Waals surface area (Å²) in [5.74, 6) is -0.259. The molecule has 19 heteroatoms. The Bertz CT molecular complexity index is 1350. The molecule has 0 aromatic carbocycles. The van der Waals surface area contributed by atoms with Crippen LogP contribution in [-0.2, 0) is 33.2 Å². The lowest BCUT2D eigenvalue weighted by Crippen LogP contribution is -2.66. The van der Waals surface area contributed by atoms with E-state index in [0.717, 1.165) is 44.9 Å². The molecule has 3 saturated heterocycles. The SMILES string of the molecule is CCCCCCCCCCCCCCCCCCCCCCCCCCC(O)C(COC1OC(CO)C(OC2OC(CO)C(OC3OC(CO)C(O)C(O)C3O)C(O)C2O)C(O)C1O)NC(=O)CCCCCC. The number of amides is 1. The lowest BCUT2D eigenvalue weighted by atomic mass is 9.96. The van der Waals surface area contributed by atoms with E-state index in [4.69, 9.17) is 28.4 Å². The van der Waals surface area contributed by atoms with Gasteiger partial charge in [-0.3, -0.25) is 4.79 Å². The number of ether oxygens (including phenoxy) is 6. The maximum absolute atomic E-state index is 13.0. The third-order valence-corrected chi connectivity index (χ3v) is 14.9. The molecule has 0 aliphatic carbocycles. The number of rotatable bonds is 42. The third-order valence-electron chi connectivity index (χ3n) is 14.9. The van der Waals surface area contributed by atoms with Crippen molar-refractivity contribution in [3.63, 3.8) is 0 Å². The summed E-state index contributed by atoms with van der Waals surface area (Å²) >= 11 is 0. The zero-order chi connectivity index (χ0) is 53.4. The van der Waals surface area contributed by atoms with E-state index in [1.165, 1.54) is 128 Å². The number of aliphatic hydroxyl groups excluding tert-OH is 11. The largest absolute Gasteiger partial charge is 0.394 e. The molecule has 3 fully saturated rings. The van der Waals surface area contributed by atoms with Gasteiger partial charge in [-0.1, -0.05) is 187 Å². The standard InChI is InChI=1S/C54H103NO18/c1-3-5-7-9-10-11-12-13-14-15-16-17-18-19-20-21-22-23-24-25-26-27-28-29-31-38(59)37(55-42(60)32-30-8-6-4-2)36-68-52-48(66)45(63)50(40(34-57)70-52)73-54-49(67)46(64)51(41(35-58)71-54)72-53-47(65)44(62)43(61)39(33-56)69-53/h37-41,43-54,56-59,61-67H,3-36H2,1-2H3,(H,55,60). The summed E-state index contributed by atoms with van der Waals surface area (Å²) in [7, 11) is 0. The minimum absolute atomic E-state index is 0.259. The normalized spacial score (nSPS) is 31.7. The third kappa shape index (κ3) is 24.1. The summed E-state index contributed by atoms with van der Waals surface area (Å²) in [6.45, 7) is 1.66. The summed E-state index contributed by atoms with van der Waals surface area (Å²) in [6, 6.07) is -0.876. The average molecular weight is 1050 g/mol. The maximum atomic E-state index is 13.0. The molecule has 1 amide bonds. The van der Waals surface area contributed by atoms with Crippen LogP contribution in [0.5, 0.6) is 0 Å². The van der Waals surface area contributed by atoms with Crippen LogP contribution in [0.15, 0.2) is 0 Å². The smallest absolute Gasteiger partial charge is 0.220 e. The molecule has 3 heterocycles. The summed E-state index contributed by atoms with van der Waals surface area (Å²) in [4.78, 5) is 13.0. The average Bonchev–Trinajstić information content (AvgIpc) is 3.39. The van der Waals surface area contributed by atoms with Crippen LogP contribution in [0.1, 0.15) is 206 Å². The summed E-state index contributed by atoms with van der Waals surface area (Å²) in [5.41, 5.74) is 0. The highest BCUT2D eigenvalue weighted by atomic mass is 16.8. The molecule has 19 nitrogen and oxygen atoms in total. The number of carbonyl (C=O) groups excluding carboxylic acids is 1. The number of hydrogen-bond donors (Lipinski definition) is 12. The second-order valence-corrected chi connectivity index (χ2v) is 21.1. The Hall–Kier alpha value is -1.21. The Labute approximate surface area is 436 Å². The van der Waals surface area contributed by atoms with Crippen molar-refractivity contribution in [3.8, 4) is 0 Å². The molecule has 3 aliphatic heterocycles. The van der Waals surface area contributed by atoms with Crippen LogP contribution in [0.2, 0.25) is 0 Å². The zero-order valence-electron chi connectivity index (χ0n) is 44.6. The molecule has 17 unspecified atom stereocenters. The highest BCUT2D eigenvalue weighted by Gasteiger charge is 2.53. The molecule has 17 atom stereocenters. The molecule has 12 N–H and O–H groups in total. The molecule has 0 saturated carbocycles. The predicted molar refractivity (Wildman–Crippen MR) is 273 cm³/mol. The van der Waals surface area contributed by atoms with Gasteiger partial charge in [0.05, 0.1) is 38.6 Å². The number of carbonyl (C=O) groups is 1. The zero-order valence-corrected chi connectivity index (χ0v) is 44.6. The van der Waals surface area contributed by atoms with Crippen LogP contribution < -0.4 is 5.32 Å². The lowest BCUT2D eigenvalue weighted by Gasteiger charge is -2.48. The van der Waals surface area contributed by atoms with Gasteiger partial charge in [0, 0.05) is 6.42 Å². The van der Waals surface area contributed by atoms with E-state index in [1.54, 1.807) is 0 Å². The molecule has 0 aromatic rings. The fraction of sp³-hybridized carbons (Fsp3) is 0.981. The van der Waals surface area contributed by atoms with E-state index < -0.39 is 124 Å². The van der Waals surface area contributed by atoms with Crippen molar-refractivity contribution < 1.29 is 89.4 Å². The van der Waals surface area contributed by atoms with Gasteiger partial charge in [-0.15, -0.1) is 0 Å². The van der Waals surface area contributed by atoms with Crippen LogP contribution in [0, 0.1) is 0 Å². The fourth-order valence-electron chi connectivity index (χ4n) is 10.1. The van der Waals surface area contributed by atoms with E-state index in [1.807, 2.05) is 0 Å². The summed E-state index contributed by atoms with van der Waals surface area (Å²) in [6.07, 6.45) is 8.70. The van der Waals surface area contributed by atoms with Gasteiger partial charge in [-0.2, -0.15) is 0 Å². The van der Waals surface area contributed by atoms with Crippen LogP contribution >= 0.6 is 0 Å². The van der Waals surface area contributed by atoms with Gasteiger partial charge in [0.1, 0.15) is 73.2 Å². The van der Waals surface area contributed by atoms with E-state index in [0.29, 0.717) is 12.8 Å². The molecule has 0 radical (unpaired) electrons. The monoisotopic (exact) mass is 1050 g/mol. The summed E-state index contributed by atoms with van der Waals surface area (Å²) < 4.78 is 34.1. The quantitative estimate of drug-likeness (QED) is 0.0384. The van der Waals surface area contributed by atoms with Gasteiger partial charge < -0.3 is 89.9 Å². The van der Waals surface area contributed by atoms with Crippen molar-refractivity contribution in [2.24, 2.45) is 0 Å². The molecule has 0 bridgehead atoms. The van der Waals surface area contributed by atoms with Crippen LogP contribution in [0.25, 0.3) is 0 Å². The molecule has 73 heavy (non-hydrogen) atoms. The fourth-order valence-corrected chi connectivity index (χ4v) is 10.1. The van der Waals surface area contributed by atoms with E-state index in [-0.39, 0.29) is 18.9 Å². The first-order valence-corrected chi connectivity index (χ1v) is 28.8. The highest BCUT2D eigenvalue weighted by Crippen LogP contribution is 2.33. The number of unbranched alkanes of at least 4 members (excludes halogenated alkanes) is 26. The van der Waals surface area contributed by atoms with Gasteiger partial charge in [0.2, 0.25) is 5.91 Å². The van der Waals surface area contributed by atoms with E-state index in [2.05, 4.69) is 19.2 Å². The molecular formula is C54H103NO18.